The lowest BCUT2D eigenvalue weighted by Gasteiger charge is -2.30. The normalized spacial score (nSPS) is 16.4. The molecule has 1 atom stereocenters. The maximum atomic E-state index is 12.9. The van der Waals surface area contributed by atoms with Crippen LogP contribution in [-0.2, 0) is 16.1 Å². The second-order valence-corrected chi connectivity index (χ2v) is 8.80. The lowest BCUT2D eigenvalue weighted by molar-refractivity contribution is -0.121. The molecule has 1 unspecified atom stereocenters. The first kappa shape index (κ1) is 23.1. The topological polar surface area (TPSA) is 97.6 Å². The van der Waals surface area contributed by atoms with E-state index in [9.17, 15) is 9.59 Å². The summed E-state index contributed by atoms with van der Waals surface area (Å²) in [7, 11) is 0. The van der Waals surface area contributed by atoms with Crippen LogP contribution in [0.3, 0.4) is 0 Å². The average Bonchev–Trinajstić information content (AvgIpc) is 3.28. The summed E-state index contributed by atoms with van der Waals surface area (Å²) in [5, 5.41) is 7.02. The van der Waals surface area contributed by atoms with Crippen molar-refractivity contribution < 1.29 is 18.8 Å². The van der Waals surface area contributed by atoms with Gasteiger partial charge in [-0.25, -0.2) is 4.79 Å². The molecule has 1 aromatic heterocycles. The summed E-state index contributed by atoms with van der Waals surface area (Å²) >= 11 is 3.45. The van der Waals surface area contributed by atoms with E-state index in [4.69, 9.17) is 9.26 Å². The predicted octanol–water partition coefficient (Wildman–Crippen LogP) is 4.53. The Labute approximate surface area is 200 Å². The molecule has 1 amide bonds. The number of rotatable bonds is 7. The van der Waals surface area contributed by atoms with Crippen molar-refractivity contribution in [2.24, 2.45) is 5.92 Å². The third-order valence-electron chi connectivity index (χ3n) is 5.43. The number of amides is 1. The van der Waals surface area contributed by atoms with Gasteiger partial charge in [0.2, 0.25) is 17.6 Å². The van der Waals surface area contributed by atoms with E-state index in [0.29, 0.717) is 42.7 Å². The molecule has 172 valence electrons. The molecular weight excluding hydrogens is 488 g/mol. The third-order valence-corrected chi connectivity index (χ3v) is 5.92. The molecule has 3 aromatic rings. The van der Waals surface area contributed by atoms with Crippen LogP contribution in [0.4, 0.5) is 5.69 Å². The Kier molecular flexibility index (Phi) is 7.51. The van der Waals surface area contributed by atoms with Crippen LogP contribution in [0.5, 0.6) is 0 Å². The lowest BCUT2D eigenvalue weighted by atomic mass is 9.97. The number of anilines is 1. The number of hydrogen-bond acceptors (Lipinski definition) is 7. The zero-order valence-electron chi connectivity index (χ0n) is 18.3. The van der Waals surface area contributed by atoms with Gasteiger partial charge in [0.05, 0.1) is 24.6 Å². The van der Waals surface area contributed by atoms with Gasteiger partial charge in [-0.05, 0) is 56.6 Å². The zero-order valence-corrected chi connectivity index (χ0v) is 19.9. The van der Waals surface area contributed by atoms with Crippen LogP contribution in [0.15, 0.2) is 57.5 Å². The molecule has 1 saturated heterocycles. The van der Waals surface area contributed by atoms with Crippen LogP contribution in [0.25, 0.3) is 11.4 Å². The highest BCUT2D eigenvalue weighted by molar-refractivity contribution is 9.10. The Morgan fingerprint density at radius 2 is 2.09 bits per heavy atom. The largest absolute Gasteiger partial charge is 0.462 e. The van der Waals surface area contributed by atoms with Crippen molar-refractivity contribution >= 4 is 33.5 Å². The minimum atomic E-state index is -0.403. The van der Waals surface area contributed by atoms with Crippen LogP contribution in [0, 0.1) is 5.92 Å². The van der Waals surface area contributed by atoms with E-state index >= 15 is 0 Å². The fourth-order valence-electron chi connectivity index (χ4n) is 3.85. The zero-order chi connectivity index (χ0) is 23.2. The molecule has 9 heteroatoms. The Bertz CT molecular complexity index is 1130. The van der Waals surface area contributed by atoms with Gasteiger partial charge < -0.3 is 14.6 Å². The van der Waals surface area contributed by atoms with Gasteiger partial charge in [-0.15, -0.1) is 0 Å². The SMILES string of the molecule is CCOC(=O)c1cccc(NC(=O)C2CCCN(Cc3nc(-c4cccc(Br)c4)no3)C2)c1. The van der Waals surface area contributed by atoms with Crippen LogP contribution < -0.4 is 5.32 Å². The van der Waals surface area contributed by atoms with Gasteiger partial charge in [0, 0.05) is 22.3 Å². The number of halogens is 1. The summed E-state index contributed by atoms with van der Waals surface area (Å²) in [4.78, 5) is 31.5. The van der Waals surface area contributed by atoms with Crippen molar-refractivity contribution in [1.82, 2.24) is 15.0 Å². The monoisotopic (exact) mass is 512 g/mol. The smallest absolute Gasteiger partial charge is 0.338 e. The van der Waals surface area contributed by atoms with Gasteiger partial charge in [0.15, 0.2) is 0 Å². The standard InChI is InChI=1S/C24H25BrN4O4/c1-2-32-24(31)17-7-4-10-20(13-17)26-23(30)18-8-5-11-29(14-18)15-21-27-22(28-33-21)16-6-3-9-19(25)12-16/h3-4,6-7,9-10,12-13,18H,2,5,8,11,14-15H2,1H3,(H,26,30). The molecule has 2 aromatic carbocycles. The number of likely N-dealkylation sites (tertiary alicyclic amines) is 1. The summed E-state index contributed by atoms with van der Waals surface area (Å²) in [6.07, 6.45) is 1.70. The van der Waals surface area contributed by atoms with E-state index in [-0.39, 0.29) is 11.8 Å². The number of aromatic nitrogens is 2. The second-order valence-electron chi connectivity index (χ2n) is 7.89. The molecule has 0 saturated carbocycles. The lowest BCUT2D eigenvalue weighted by Crippen LogP contribution is -2.40. The highest BCUT2D eigenvalue weighted by atomic mass is 79.9. The van der Waals surface area contributed by atoms with Crippen LogP contribution in [-0.4, -0.2) is 46.6 Å². The molecule has 0 aliphatic carbocycles. The van der Waals surface area contributed by atoms with E-state index in [2.05, 4.69) is 36.3 Å². The maximum Gasteiger partial charge on any atom is 0.338 e. The molecule has 0 radical (unpaired) electrons. The number of hydrogen-bond donors (Lipinski definition) is 1. The first-order valence-electron chi connectivity index (χ1n) is 10.9. The molecule has 1 aliphatic rings. The highest BCUT2D eigenvalue weighted by Gasteiger charge is 2.27. The number of benzene rings is 2. The van der Waals surface area contributed by atoms with E-state index in [1.54, 1.807) is 31.2 Å². The summed E-state index contributed by atoms with van der Waals surface area (Å²) < 4.78 is 11.4. The molecule has 2 heterocycles. The van der Waals surface area contributed by atoms with E-state index in [1.807, 2.05) is 24.3 Å². The molecule has 4 rings (SSSR count). The highest BCUT2D eigenvalue weighted by Crippen LogP contribution is 2.23. The number of nitrogens with zero attached hydrogens (tertiary/aromatic N) is 3. The first-order valence-corrected chi connectivity index (χ1v) is 11.7. The molecule has 0 bridgehead atoms. The Morgan fingerprint density at radius 3 is 2.91 bits per heavy atom. The van der Waals surface area contributed by atoms with Gasteiger partial charge in [0.1, 0.15) is 0 Å². The Morgan fingerprint density at radius 1 is 1.24 bits per heavy atom. The third kappa shape index (κ3) is 6.06. The molecule has 1 aliphatic heterocycles. The van der Waals surface area contributed by atoms with Crippen LogP contribution in [0.2, 0.25) is 0 Å². The molecule has 33 heavy (non-hydrogen) atoms. The van der Waals surface area contributed by atoms with Gasteiger partial charge in [-0.1, -0.05) is 39.3 Å². The van der Waals surface area contributed by atoms with Gasteiger partial charge in [-0.2, -0.15) is 4.98 Å². The predicted molar refractivity (Wildman–Crippen MR) is 126 cm³/mol. The van der Waals surface area contributed by atoms with Gasteiger partial charge in [-0.3, -0.25) is 9.69 Å². The fraction of sp³-hybridized carbons (Fsp3) is 0.333. The van der Waals surface area contributed by atoms with Crippen LogP contribution in [0.1, 0.15) is 36.0 Å². The van der Waals surface area contributed by atoms with Gasteiger partial charge >= 0.3 is 5.97 Å². The van der Waals surface area contributed by atoms with Crippen molar-refractivity contribution in [3.05, 3.63) is 64.5 Å². The number of ether oxygens (including phenoxy) is 1. The van der Waals surface area contributed by atoms with Crippen LogP contribution >= 0.6 is 15.9 Å². The number of piperidine rings is 1. The minimum Gasteiger partial charge on any atom is -0.462 e. The number of nitrogens with one attached hydrogen (secondary N) is 1. The summed E-state index contributed by atoms with van der Waals surface area (Å²) in [6, 6.07) is 14.5. The van der Waals surface area contributed by atoms with Crippen molar-refractivity contribution in [3.8, 4) is 11.4 Å². The summed E-state index contributed by atoms with van der Waals surface area (Å²) in [5.41, 5.74) is 1.87. The molecule has 8 nitrogen and oxygen atoms in total. The molecule has 0 spiro atoms. The minimum absolute atomic E-state index is 0.0685. The van der Waals surface area contributed by atoms with Crippen molar-refractivity contribution in [1.29, 1.82) is 0 Å². The number of esters is 1. The van der Waals surface area contributed by atoms with Gasteiger partial charge in [0.25, 0.3) is 0 Å². The first-order chi connectivity index (χ1) is 16.0. The molecule has 1 fully saturated rings. The van der Waals surface area contributed by atoms with E-state index in [0.717, 1.165) is 29.4 Å². The molecular formula is C24H25BrN4O4. The number of carbonyl (C=O) groups excluding carboxylic acids is 2. The maximum absolute atomic E-state index is 12.9. The Balaban J connectivity index is 1.35. The summed E-state index contributed by atoms with van der Waals surface area (Å²) in [5.74, 6) is 0.421. The summed E-state index contributed by atoms with van der Waals surface area (Å²) in [6.45, 7) is 4.00. The van der Waals surface area contributed by atoms with Crippen molar-refractivity contribution in [2.75, 3.05) is 25.0 Å². The van der Waals surface area contributed by atoms with Crippen molar-refractivity contribution in [3.63, 3.8) is 0 Å². The average molecular weight is 513 g/mol. The second kappa shape index (κ2) is 10.7. The fourth-order valence-corrected chi connectivity index (χ4v) is 4.25. The quantitative estimate of drug-likeness (QED) is 0.464. The number of carbonyl (C=O) groups is 2. The molecule has 1 N–H and O–H groups in total. The van der Waals surface area contributed by atoms with Crippen molar-refractivity contribution in [2.45, 2.75) is 26.3 Å². The van der Waals surface area contributed by atoms with E-state index < -0.39 is 5.97 Å². The van der Waals surface area contributed by atoms with E-state index in [1.165, 1.54) is 0 Å². The Hall–Kier alpha value is -3.04.